The first-order chi connectivity index (χ1) is 9.47. The highest BCUT2D eigenvalue weighted by Gasteiger charge is 2.27. The summed E-state index contributed by atoms with van der Waals surface area (Å²) >= 11 is 0. The number of halogens is 2. The average Bonchev–Trinajstić information content (AvgIpc) is 2.42. The van der Waals surface area contributed by atoms with Crippen molar-refractivity contribution < 1.29 is 13.6 Å². The van der Waals surface area contributed by atoms with Gasteiger partial charge in [-0.25, -0.2) is 8.78 Å². The van der Waals surface area contributed by atoms with Crippen LogP contribution in [-0.2, 0) is 11.3 Å². The van der Waals surface area contributed by atoms with Crippen LogP contribution < -0.4 is 5.32 Å². The van der Waals surface area contributed by atoms with Crippen LogP contribution in [-0.4, -0.2) is 30.4 Å². The highest BCUT2D eigenvalue weighted by Crippen LogP contribution is 2.19. The van der Waals surface area contributed by atoms with Crippen LogP contribution in [0.25, 0.3) is 0 Å². The zero-order valence-corrected chi connectivity index (χ0v) is 11.8. The van der Waals surface area contributed by atoms with Crippen molar-refractivity contribution >= 4 is 5.91 Å². The number of nitrogens with zero attached hydrogens (tertiary/aromatic N) is 1. The summed E-state index contributed by atoms with van der Waals surface area (Å²) in [6.45, 7) is 3.21. The van der Waals surface area contributed by atoms with E-state index in [0.717, 1.165) is 31.5 Å². The third-order valence-electron chi connectivity index (χ3n) is 3.75. The van der Waals surface area contributed by atoms with E-state index in [9.17, 15) is 13.6 Å². The van der Waals surface area contributed by atoms with Crippen LogP contribution in [0.15, 0.2) is 18.2 Å². The number of piperidine rings is 1. The highest BCUT2D eigenvalue weighted by molar-refractivity contribution is 5.78. The van der Waals surface area contributed by atoms with Gasteiger partial charge in [0.1, 0.15) is 0 Å². The molecule has 2 atom stereocenters. The van der Waals surface area contributed by atoms with Crippen LogP contribution in [0, 0.1) is 17.6 Å². The van der Waals surface area contributed by atoms with Crippen LogP contribution in [0.2, 0.25) is 0 Å². The molecule has 0 aliphatic carbocycles. The number of benzene rings is 1. The van der Waals surface area contributed by atoms with E-state index in [2.05, 4.69) is 12.2 Å². The van der Waals surface area contributed by atoms with E-state index in [1.165, 1.54) is 6.07 Å². The van der Waals surface area contributed by atoms with E-state index in [-0.39, 0.29) is 11.8 Å². The third kappa shape index (κ3) is 3.54. The van der Waals surface area contributed by atoms with Crippen molar-refractivity contribution in [2.45, 2.75) is 32.4 Å². The largest absolute Gasteiger partial charge is 0.341 e. The first-order valence-electron chi connectivity index (χ1n) is 6.89. The number of carbonyl (C=O) groups excluding carboxylic acids is 1. The summed E-state index contributed by atoms with van der Waals surface area (Å²) in [6, 6.07) is 4.09. The Labute approximate surface area is 118 Å². The SMILES string of the molecule is C[C@H]1C[C@@H](C(=O)N(C)Cc2ccc(F)c(F)c2)CCN1. The Hall–Kier alpha value is -1.49. The zero-order valence-electron chi connectivity index (χ0n) is 11.8. The monoisotopic (exact) mass is 282 g/mol. The summed E-state index contributed by atoms with van der Waals surface area (Å²) in [5.41, 5.74) is 0.599. The Kier molecular flexibility index (Phi) is 4.70. The molecule has 1 N–H and O–H groups in total. The highest BCUT2D eigenvalue weighted by atomic mass is 19.2. The van der Waals surface area contributed by atoms with E-state index in [0.29, 0.717) is 18.2 Å². The van der Waals surface area contributed by atoms with Crippen molar-refractivity contribution in [1.29, 1.82) is 0 Å². The smallest absolute Gasteiger partial charge is 0.225 e. The molecule has 0 aromatic heterocycles. The average molecular weight is 282 g/mol. The molecule has 0 saturated carbocycles. The quantitative estimate of drug-likeness (QED) is 0.922. The number of carbonyl (C=O) groups is 1. The van der Waals surface area contributed by atoms with E-state index >= 15 is 0 Å². The fraction of sp³-hybridized carbons (Fsp3) is 0.533. The molecule has 2 rings (SSSR count). The van der Waals surface area contributed by atoms with Gasteiger partial charge >= 0.3 is 0 Å². The van der Waals surface area contributed by atoms with Crippen LogP contribution in [0.4, 0.5) is 8.78 Å². The number of rotatable bonds is 3. The van der Waals surface area contributed by atoms with Gasteiger partial charge in [0.2, 0.25) is 5.91 Å². The van der Waals surface area contributed by atoms with Crippen LogP contribution in [0.5, 0.6) is 0 Å². The van der Waals surface area contributed by atoms with Gasteiger partial charge in [-0.05, 0) is 44.0 Å². The molecule has 1 amide bonds. The molecule has 1 heterocycles. The van der Waals surface area contributed by atoms with E-state index in [1.54, 1.807) is 11.9 Å². The number of amides is 1. The fourth-order valence-electron chi connectivity index (χ4n) is 2.66. The second-order valence-electron chi connectivity index (χ2n) is 5.52. The molecule has 1 aliphatic rings. The summed E-state index contributed by atoms with van der Waals surface area (Å²) in [4.78, 5) is 13.9. The minimum absolute atomic E-state index is 0.0153. The fourth-order valence-corrected chi connectivity index (χ4v) is 2.66. The molecule has 0 bridgehead atoms. The first kappa shape index (κ1) is 14.9. The van der Waals surface area contributed by atoms with Crippen molar-refractivity contribution in [3.05, 3.63) is 35.4 Å². The molecule has 1 aliphatic heterocycles. The van der Waals surface area contributed by atoms with Gasteiger partial charge in [0.15, 0.2) is 11.6 Å². The number of hydrogen-bond acceptors (Lipinski definition) is 2. The van der Waals surface area contributed by atoms with E-state index in [4.69, 9.17) is 0 Å². The van der Waals surface area contributed by atoms with Crippen molar-refractivity contribution in [1.82, 2.24) is 10.2 Å². The van der Waals surface area contributed by atoms with E-state index < -0.39 is 11.6 Å². The molecular weight excluding hydrogens is 262 g/mol. The molecule has 3 nitrogen and oxygen atoms in total. The molecule has 0 spiro atoms. The standard InChI is InChI=1S/C15H20F2N2O/c1-10-7-12(5-6-18-10)15(20)19(2)9-11-3-4-13(16)14(17)8-11/h3-4,8,10,12,18H,5-7,9H2,1-2H3/t10-,12-/m0/s1. The normalized spacial score (nSPS) is 22.6. The van der Waals surface area contributed by atoms with Crippen molar-refractivity contribution in [3.63, 3.8) is 0 Å². The molecule has 1 fully saturated rings. The maximum Gasteiger partial charge on any atom is 0.225 e. The summed E-state index contributed by atoms with van der Waals surface area (Å²) in [7, 11) is 1.70. The lowest BCUT2D eigenvalue weighted by Crippen LogP contribution is -2.42. The Bertz CT molecular complexity index is 493. The van der Waals surface area contributed by atoms with Gasteiger partial charge in [-0.3, -0.25) is 4.79 Å². The van der Waals surface area contributed by atoms with Crippen molar-refractivity contribution in [2.24, 2.45) is 5.92 Å². The predicted octanol–water partition coefficient (Wildman–Crippen LogP) is 2.31. The van der Waals surface area contributed by atoms with Gasteiger partial charge < -0.3 is 10.2 Å². The molecule has 20 heavy (non-hydrogen) atoms. The van der Waals surface area contributed by atoms with Gasteiger partial charge in [0.05, 0.1) is 0 Å². The lowest BCUT2D eigenvalue weighted by Gasteiger charge is -2.30. The summed E-state index contributed by atoms with van der Waals surface area (Å²) < 4.78 is 26.0. The first-order valence-corrected chi connectivity index (χ1v) is 6.89. The van der Waals surface area contributed by atoms with Gasteiger partial charge in [0.25, 0.3) is 0 Å². The summed E-state index contributed by atoms with van der Waals surface area (Å²) in [5.74, 6) is -1.65. The molecule has 1 saturated heterocycles. The van der Waals surface area contributed by atoms with Gasteiger partial charge in [-0.1, -0.05) is 6.07 Å². The van der Waals surface area contributed by atoms with Crippen molar-refractivity contribution in [2.75, 3.05) is 13.6 Å². The molecule has 1 aromatic carbocycles. The van der Waals surface area contributed by atoms with Crippen LogP contribution in [0.1, 0.15) is 25.3 Å². The minimum Gasteiger partial charge on any atom is -0.341 e. The molecule has 110 valence electrons. The minimum atomic E-state index is -0.876. The maximum absolute atomic E-state index is 13.1. The molecule has 0 unspecified atom stereocenters. The Morgan fingerprint density at radius 1 is 1.40 bits per heavy atom. The van der Waals surface area contributed by atoms with Crippen LogP contribution >= 0.6 is 0 Å². The molecule has 5 heteroatoms. The second kappa shape index (κ2) is 6.31. The lowest BCUT2D eigenvalue weighted by atomic mass is 9.92. The molecule has 1 aromatic rings. The number of hydrogen-bond donors (Lipinski definition) is 1. The van der Waals surface area contributed by atoms with Gasteiger partial charge in [-0.15, -0.1) is 0 Å². The molecular formula is C15H20F2N2O. The Morgan fingerprint density at radius 2 is 2.15 bits per heavy atom. The van der Waals surface area contributed by atoms with E-state index in [1.807, 2.05) is 0 Å². The zero-order chi connectivity index (χ0) is 14.7. The summed E-state index contributed by atoms with van der Waals surface area (Å²) in [5, 5.41) is 3.31. The Balaban J connectivity index is 1.98. The predicted molar refractivity (Wildman–Crippen MR) is 73.0 cm³/mol. The van der Waals surface area contributed by atoms with Gasteiger partial charge in [-0.2, -0.15) is 0 Å². The Morgan fingerprint density at radius 3 is 2.80 bits per heavy atom. The third-order valence-corrected chi connectivity index (χ3v) is 3.75. The van der Waals surface area contributed by atoms with Crippen molar-refractivity contribution in [3.8, 4) is 0 Å². The number of nitrogens with one attached hydrogen (secondary N) is 1. The molecule has 0 radical (unpaired) electrons. The lowest BCUT2D eigenvalue weighted by molar-refractivity contribution is -0.135. The topological polar surface area (TPSA) is 32.3 Å². The van der Waals surface area contributed by atoms with Crippen LogP contribution in [0.3, 0.4) is 0 Å². The second-order valence-corrected chi connectivity index (χ2v) is 5.52. The maximum atomic E-state index is 13.1. The van der Waals surface area contributed by atoms with Gasteiger partial charge in [0, 0.05) is 25.6 Å². The summed E-state index contributed by atoms with van der Waals surface area (Å²) in [6.07, 6.45) is 1.65.